The molecule has 17 heavy (non-hydrogen) atoms. The molecule has 1 aliphatic rings. The molecule has 0 amide bonds. The van der Waals surface area contributed by atoms with Gasteiger partial charge in [0.15, 0.2) is 6.61 Å². The van der Waals surface area contributed by atoms with Crippen LogP contribution in [-0.4, -0.2) is 17.7 Å². The fourth-order valence-electron chi connectivity index (χ4n) is 2.35. The summed E-state index contributed by atoms with van der Waals surface area (Å²) in [4.78, 5) is 10.5. The lowest BCUT2D eigenvalue weighted by Crippen LogP contribution is -2.11. The first-order chi connectivity index (χ1) is 8.16. The maximum Gasteiger partial charge on any atom is 0.341 e. The number of hydrogen-bond donors (Lipinski definition) is 1. The van der Waals surface area contributed by atoms with Gasteiger partial charge in [-0.3, -0.25) is 0 Å². The Balaban J connectivity index is 2.20. The van der Waals surface area contributed by atoms with Crippen molar-refractivity contribution in [2.45, 2.75) is 31.6 Å². The highest BCUT2D eigenvalue weighted by atomic mass is 35.5. The van der Waals surface area contributed by atoms with Crippen LogP contribution in [0.15, 0.2) is 18.2 Å². The zero-order chi connectivity index (χ0) is 12.3. The number of halogens is 1. The lowest BCUT2D eigenvalue weighted by atomic mass is 9.97. The van der Waals surface area contributed by atoms with Gasteiger partial charge in [-0.1, -0.05) is 24.4 Å². The summed E-state index contributed by atoms with van der Waals surface area (Å²) in [6.45, 7) is -0.304. The highest BCUT2D eigenvalue weighted by Gasteiger charge is 2.21. The summed E-state index contributed by atoms with van der Waals surface area (Å²) in [6.07, 6.45) is 4.69. The van der Waals surface area contributed by atoms with Crippen LogP contribution in [0.3, 0.4) is 0 Å². The summed E-state index contributed by atoms with van der Waals surface area (Å²) in [5.74, 6) is 0.151. The molecule has 1 aromatic rings. The summed E-state index contributed by atoms with van der Waals surface area (Å²) in [5, 5.41) is 9.31. The summed E-state index contributed by atoms with van der Waals surface area (Å²) in [7, 11) is 0. The van der Waals surface area contributed by atoms with Crippen molar-refractivity contribution in [2.24, 2.45) is 0 Å². The molecule has 1 N–H and O–H groups in total. The molecule has 1 fully saturated rings. The molecule has 0 aromatic heterocycles. The van der Waals surface area contributed by atoms with Crippen LogP contribution in [0.4, 0.5) is 0 Å². The van der Waals surface area contributed by atoms with Gasteiger partial charge in [0.25, 0.3) is 0 Å². The van der Waals surface area contributed by atoms with Gasteiger partial charge in [0, 0.05) is 5.02 Å². The van der Waals surface area contributed by atoms with E-state index < -0.39 is 5.97 Å². The molecular weight excluding hydrogens is 240 g/mol. The van der Waals surface area contributed by atoms with Crippen molar-refractivity contribution in [2.75, 3.05) is 6.61 Å². The molecule has 4 heteroatoms. The van der Waals surface area contributed by atoms with E-state index in [4.69, 9.17) is 21.4 Å². The molecule has 0 spiro atoms. The number of hydrogen-bond acceptors (Lipinski definition) is 2. The zero-order valence-corrected chi connectivity index (χ0v) is 10.2. The number of carboxylic acid groups (broad SMARTS) is 1. The molecule has 0 unspecified atom stereocenters. The van der Waals surface area contributed by atoms with Gasteiger partial charge in [0.2, 0.25) is 0 Å². The fourth-order valence-corrected chi connectivity index (χ4v) is 2.53. The highest BCUT2D eigenvalue weighted by Crippen LogP contribution is 2.39. The van der Waals surface area contributed by atoms with E-state index in [1.54, 1.807) is 12.1 Å². The minimum atomic E-state index is -0.961. The van der Waals surface area contributed by atoms with E-state index >= 15 is 0 Å². The second-order valence-electron chi connectivity index (χ2n) is 4.35. The third-order valence-electron chi connectivity index (χ3n) is 3.12. The molecule has 0 atom stereocenters. The molecule has 1 aliphatic carbocycles. The molecule has 92 valence electrons. The van der Waals surface area contributed by atoms with E-state index in [0.717, 1.165) is 18.4 Å². The number of aliphatic carboxylic acids is 1. The lowest BCUT2D eigenvalue weighted by molar-refractivity contribution is -0.139. The van der Waals surface area contributed by atoms with Gasteiger partial charge in [-0.05, 0) is 42.5 Å². The van der Waals surface area contributed by atoms with Crippen molar-refractivity contribution in [3.63, 3.8) is 0 Å². The van der Waals surface area contributed by atoms with E-state index in [9.17, 15) is 4.79 Å². The van der Waals surface area contributed by atoms with Crippen molar-refractivity contribution >= 4 is 17.6 Å². The molecule has 0 heterocycles. The maximum atomic E-state index is 10.5. The summed E-state index contributed by atoms with van der Waals surface area (Å²) in [5.41, 5.74) is 1.05. The molecule has 0 aliphatic heterocycles. The molecule has 3 nitrogen and oxygen atoms in total. The van der Waals surface area contributed by atoms with E-state index in [2.05, 4.69) is 0 Å². The number of benzene rings is 1. The van der Waals surface area contributed by atoms with Crippen LogP contribution in [0.5, 0.6) is 5.75 Å². The van der Waals surface area contributed by atoms with Gasteiger partial charge in [-0.2, -0.15) is 0 Å². The summed E-state index contributed by atoms with van der Waals surface area (Å²) >= 11 is 5.99. The fraction of sp³-hybridized carbons (Fsp3) is 0.462. The second kappa shape index (κ2) is 5.41. The second-order valence-corrected chi connectivity index (χ2v) is 4.78. The van der Waals surface area contributed by atoms with Gasteiger partial charge in [0.05, 0.1) is 0 Å². The first-order valence-electron chi connectivity index (χ1n) is 5.81. The minimum absolute atomic E-state index is 0.304. The van der Waals surface area contributed by atoms with E-state index in [0.29, 0.717) is 16.7 Å². The number of ether oxygens (including phenoxy) is 1. The number of carbonyl (C=O) groups is 1. The molecule has 2 rings (SSSR count). The van der Waals surface area contributed by atoms with Gasteiger partial charge in [0.1, 0.15) is 5.75 Å². The van der Waals surface area contributed by atoms with Crippen molar-refractivity contribution < 1.29 is 14.6 Å². The largest absolute Gasteiger partial charge is 0.482 e. The van der Waals surface area contributed by atoms with Crippen LogP contribution < -0.4 is 4.74 Å². The Bertz CT molecular complexity index is 411. The SMILES string of the molecule is O=C(O)COc1ccc(Cl)cc1C1CCCC1. The molecule has 1 saturated carbocycles. The summed E-state index contributed by atoms with van der Waals surface area (Å²) in [6, 6.07) is 5.39. The van der Waals surface area contributed by atoms with Crippen LogP contribution >= 0.6 is 11.6 Å². The average Bonchev–Trinajstić information content (AvgIpc) is 2.80. The first-order valence-corrected chi connectivity index (χ1v) is 6.18. The lowest BCUT2D eigenvalue weighted by Gasteiger charge is -2.15. The Morgan fingerprint density at radius 3 is 2.76 bits per heavy atom. The average molecular weight is 255 g/mol. The van der Waals surface area contributed by atoms with Crippen LogP contribution in [0.2, 0.25) is 5.02 Å². The van der Waals surface area contributed by atoms with E-state index in [-0.39, 0.29) is 6.61 Å². The number of rotatable bonds is 4. The Hall–Kier alpha value is -1.22. The Labute approximate surface area is 105 Å². The van der Waals surface area contributed by atoms with Crippen LogP contribution in [0.25, 0.3) is 0 Å². The predicted octanol–water partition coefficient (Wildman–Crippen LogP) is 3.46. The third kappa shape index (κ3) is 3.13. The van der Waals surface area contributed by atoms with Gasteiger partial charge in [-0.15, -0.1) is 0 Å². The van der Waals surface area contributed by atoms with Gasteiger partial charge < -0.3 is 9.84 Å². The Kier molecular flexibility index (Phi) is 3.89. The maximum absolute atomic E-state index is 10.5. The molecule has 0 saturated heterocycles. The third-order valence-corrected chi connectivity index (χ3v) is 3.35. The standard InChI is InChI=1S/C13H15ClO3/c14-10-5-6-12(17-8-13(15)16)11(7-10)9-3-1-2-4-9/h5-7,9H,1-4,8H2,(H,15,16). The molecule has 0 radical (unpaired) electrons. The smallest absolute Gasteiger partial charge is 0.341 e. The van der Waals surface area contributed by atoms with Crippen molar-refractivity contribution in [1.82, 2.24) is 0 Å². The van der Waals surface area contributed by atoms with Crippen molar-refractivity contribution in [1.29, 1.82) is 0 Å². The van der Waals surface area contributed by atoms with E-state index in [1.165, 1.54) is 12.8 Å². The molecule has 1 aromatic carbocycles. The summed E-state index contributed by atoms with van der Waals surface area (Å²) < 4.78 is 5.31. The van der Waals surface area contributed by atoms with Crippen molar-refractivity contribution in [3.05, 3.63) is 28.8 Å². The molecule has 0 bridgehead atoms. The Morgan fingerprint density at radius 2 is 2.12 bits per heavy atom. The minimum Gasteiger partial charge on any atom is -0.482 e. The van der Waals surface area contributed by atoms with Crippen LogP contribution in [0, 0.1) is 0 Å². The Morgan fingerprint density at radius 1 is 1.41 bits per heavy atom. The van der Waals surface area contributed by atoms with Crippen LogP contribution in [-0.2, 0) is 4.79 Å². The van der Waals surface area contributed by atoms with E-state index in [1.807, 2.05) is 6.07 Å². The van der Waals surface area contributed by atoms with Gasteiger partial charge in [-0.25, -0.2) is 4.79 Å². The predicted molar refractivity (Wildman–Crippen MR) is 65.8 cm³/mol. The molecular formula is C13H15ClO3. The van der Waals surface area contributed by atoms with Crippen molar-refractivity contribution in [3.8, 4) is 5.75 Å². The first kappa shape index (κ1) is 12.2. The van der Waals surface area contributed by atoms with Crippen LogP contribution in [0.1, 0.15) is 37.2 Å². The topological polar surface area (TPSA) is 46.5 Å². The normalized spacial score (nSPS) is 16.1. The number of carboxylic acids is 1. The quantitative estimate of drug-likeness (QED) is 0.895. The van der Waals surface area contributed by atoms with Gasteiger partial charge >= 0.3 is 5.97 Å². The highest BCUT2D eigenvalue weighted by molar-refractivity contribution is 6.30. The zero-order valence-electron chi connectivity index (χ0n) is 9.49. The monoisotopic (exact) mass is 254 g/mol.